The highest BCUT2D eigenvalue weighted by atomic mass is 19.1. The van der Waals surface area contributed by atoms with Gasteiger partial charge in [-0.15, -0.1) is 0 Å². The molecule has 3 aliphatic rings. The molecule has 3 aliphatic heterocycles. The number of hydrogen-bond acceptors (Lipinski definition) is 6. The molecular weight excluding hydrogens is 503 g/mol. The highest BCUT2D eigenvalue weighted by Gasteiger charge is 2.40. The topological polar surface area (TPSA) is 111 Å². The van der Waals surface area contributed by atoms with Crippen LogP contribution in [0.4, 0.5) is 4.39 Å². The van der Waals surface area contributed by atoms with Gasteiger partial charge in [0.15, 0.2) is 0 Å². The molecule has 5 rings (SSSR count). The second kappa shape index (κ2) is 12.1. The summed E-state index contributed by atoms with van der Waals surface area (Å²) in [6.07, 6.45) is 0.272. The van der Waals surface area contributed by atoms with Crippen LogP contribution >= 0.6 is 0 Å². The Bertz CT molecular complexity index is 1200. The van der Waals surface area contributed by atoms with E-state index >= 15 is 0 Å². The number of aliphatic hydroxyl groups excluding tert-OH is 1. The molecular formula is C29H35FN4O5. The molecule has 9 nitrogen and oxygen atoms in total. The lowest BCUT2D eigenvalue weighted by Crippen LogP contribution is -2.64. The van der Waals surface area contributed by atoms with Crippen LogP contribution < -0.4 is 15.4 Å². The lowest BCUT2D eigenvalue weighted by Gasteiger charge is -2.38. The number of ether oxygens (including phenoxy) is 1. The van der Waals surface area contributed by atoms with Crippen molar-refractivity contribution in [2.24, 2.45) is 5.92 Å². The summed E-state index contributed by atoms with van der Waals surface area (Å²) < 4.78 is 20.3. The number of halogens is 1. The first-order valence-electron chi connectivity index (χ1n) is 13.6. The number of nitrogens with one attached hydrogen (secondary N) is 2. The third-order valence-electron chi connectivity index (χ3n) is 7.68. The summed E-state index contributed by atoms with van der Waals surface area (Å²) in [5.41, 5.74) is 1.50. The molecule has 2 fully saturated rings. The molecule has 2 aromatic rings. The summed E-state index contributed by atoms with van der Waals surface area (Å²) in [5.74, 6) is -1.38. The van der Waals surface area contributed by atoms with Gasteiger partial charge in [0.05, 0.1) is 24.7 Å². The van der Waals surface area contributed by atoms with E-state index in [4.69, 9.17) is 4.74 Å². The molecule has 10 heteroatoms. The van der Waals surface area contributed by atoms with Gasteiger partial charge < -0.3 is 30.3 Å². The van der Waals surface area contributed by atoms with Crippen LogP contribution in [0.1, 0.15) is 30.4 Å². The van der Waals surface area contributed by atoms with Crippen LogP contribution in [-0.2, 0) is 27.3 Å². The minimum Gasteiger partial charge on any atom is -0.493 e. The van der Waals surface area contributed by atoms with Gasteiger partial charge in [0.1, 0.15) is 17.6 Å². The van der Waals surface area contributed by atoms with Gasteiger partial charge in [0, 0.05) is 45.2 Å². The van der Waals surface area contributed by atoms with Crippen molar-refractivity contribution in [3.63, 3.8) is 0 Å². The molecule has 0 aliphatic carbocycles. The summed E-state index contributed by atoms with van der Waals surface area (Å²) >= 11 is 0. The lowest BCUT2D eigenvalue weighted by molar-refractivity contribution is -0.141. The van der Waals surface area contributed by atoms with Gasteiger partial charge >= 0.3 is 0 Å². The number of carbonyl (C=O) groups is 3. The average Bonchev–Trinajstić information content (AvgIpc) is 3.29. The molecule has 3 N–H and O–H groups in total. The number of rotatable bonds is 4. The van der Waals surface area contributed by atoms with Gasteiger partial charge in [-0.3, -0.25) is 14.4 Å². The maximum atomic E-state index is 14.5. The molecule has 0 radical (unpaired) electrons. The van der Waals surface area contributed by atoms with E-state index in [-0.39, 0.29) is 30.6 Å². The first-order chi connectivity index (χ1) is 18.9. The SMILES string of the molecule is O=C1N[C@H]([C@H](O)[C@@H]2NCCN(Cc3ccccc3)C2=O)Cc2cc(F)cc(c2)OCCCCN2C[C@@H]1CC2=O. The number of hydrogen-bond donors (Lipinski definition) is 3. The lowest BCUT2D eigenvalue weighted by atomic mass is 9.93. The van der Waals surface area contributed by atoms with Gasteiger partial charge in [-0.1, -0.05) is 30.3 Å². The Balaban J connectivity index is 1.39. The zero-order valence-corrected chi connectivity index (χ0v) is 21.9. The summed E-state index contributed by atoms with van der Waals surface area (Å²) in [7, 11) is 0. The van der Waals surface area contributed by atoms with E-state index in [9.17, 15) is 23.9 Å². The average molecular weight is 539 g/mol. The Morgan fingerprint density at radius 3 is 2.69 bits per heavy atom. The Labute approximate surface area is 227 Å². The molecule has 3 amide bonds. The van der Waals surface area contributed by atoms with Crippen molar-refractivity contribution in [3.05, 3.63) is 65.5 Å². The number of nitrogens with zero attached hydrogens (tertiary/aromatic N) is 2. The normalized spacial score (nSPS) is 25.4. The predicted octanol–water partition coefficient (Wildman–Crippen LogP) is 1.24. The summed E-state index contributed by atoms with van der Waals surface area (Å²) in [5, 5.41) is 17.5. The van der Waals surface area contributed by atoms with E-state index in [1.54, 1.807) is 15.9 Å². The number of amides is 3. The van der Waals surface area contributed by atoms with Crippen molar-refractivity contribution >= 4 is 17.7 Å². The fourth-order valence-corrected chi connectivity index (χ4v) is 5.60. The fourth-order valence-electron chi connectivity index (χ4n) is 5.60. The van der Waals surface area contributed by atoms with Crippen molar-refractivity contribution < 1.29 is 28.6 Å². The van der Waals surface area contributed by atoms with Crippen LogP contribution in [-0.4, -0.2) is 83.6 Å². The van der Waals surface area contributed by atoms with Crippen LogP contribution in [0.2, 0.25) is 0 Å². The van der Waals surface area contributed by atoms with E-state index in [2.05, 4.69) is 10.6 Å². The standard InChI is InChI=1S/C29H35FN4O5/c30-22-12-20-13-23(16-22)39-11-5-4-9-33-18-21(15-25(33)35)28(37)32-24(14-20)27(36)26-29(38)34(10-8-31-26)17-19-6-2-1-3-7-19/h1-3,6-7,12-13,16,21,24,26-27,31,36H,4-5,8-11,14-15,17-18H2,(H,32,37)/t21-,24-,26-,27-/m0/s1. The molecule has 0 spiro atoms. The first-order valence-corrected chi connectivity index (χ1v) is 13.6. The Hall–Kier alpha value is -3.50. The highest BCUT2D eigenvalue weighted by Crippen LogP contribution is 2.23. The van der Waals surface area contributed by atoms with E-state index in [0.717, 1.165) is 5.56 Å². The third kappa shape index (κ3) is 6.57. The van der Waals surface area contributed by atoms with E-state index in [1.165, 1.54) is 12.1 Å². The molecule has 0 saturated carbocycles. The van der Waals surface area contributed by atoms with E-state index < -0.39 is 29.9 Å². The van der Waals surface area contributed by atoms with Crippen molar-refractivity contribution in [2.45, 2.75) is 50.4 Å². The summed E-state index contributed by atoms with van der Waals surface area (Å²) in [6, 6.07) is 12.1. The highest BCUT2D eigenvalue weighted by molar-refractivity contribution is 5.89. The predicted molar refractivity (Wildman–Crippen MR) is 141 cm³/mol. The fraction of sp³-hybridized carbons (Fsp3) is 0.483. The third-order valence-corrected chi connectivity index (χ3v) is 7.68. The minimum absolute atomic E-state index is 0.0757. The van der Waals surface area contributed by atoms with E-state index in [1.807, 2.05) is 30.3 Å². The summed E-state index contributed by atoms with van der Waals surface area (Å²) in [4.78, 5) is 42.7. The van der Waals surface area contributed by atoms with Crippen molar-refractivity contribution in [2.75, 3.05) is 32.8 Å². The number of piperazine rings is 1. The zero-order chi connectivity index (χ0) is 27.4. The van der Waals surface area contributed by atoms with Crippen LogP contribution in [0.15, 0.2) is 48.5 Å². The molecule has 0 unspecified atom stereocenters. The van der Waals surface area contributed by atoms with Crippen LogP contribution in [0, 0.1) is 11.7 Å². The number of carbonyl (C=O) groups excluding carboxylic acids is 3. The molecule has 208 valence electrons. The number of fused-ring (bicyclic) bond motifs is 4. The van der Waals surface area contributed by atoms with E-state index in [0.29, 0.717) is 63.5 Å². The largest absolute Gasteiger partial charge is 0.493 e. The smallest absolute Gasteiger partial charge is 0.242 e. The van der Waals surface area contributed by atoms with Crippen molar-refractivity contribution in [3.8, 4) is 5.75 Å². The second-order valence-electron chi connectivity index (χ2n) is 10.6. The molecule has 2 saturated heterocycles. The van der Waals surface area contributed by atoms with Crippen molar-refractivity contribution in [1.29, 1.82) is 0 Å². The van der Waals surface area contributed by atoms with Gasteiger partial charge in [-0.2, -0.15) is 0 Å². The van der Waals surface area contributed by atoms with Crippen LogP contribution in [0.5, 0.6) is 5.75 Å². The first kappa shape index (κ1) is 27.1. The van der Waals surface area contributed by atoms with Crippen LogP contribution in [0.25, 0.3) is 0 Å². The maximum absolute atomic E-state index is 14.5. The quantitative estimate of drug-likeness (QED) is 0.540. The molecule has 3 heterocycles. The van der Waals surface area contributed by atoms with Gasteiger partial charge in [-0.25, -0.2) is 4.39 Å². The van der Waals surface area contributed by atoms with Gasteiger partial charge in [0.2, 0.25) is 17.7 Å². The molecule has 0 aromatic heterocycles. The number of aliphatic hydroxyl groups is 1. The van der Waals surface area contributed by atoms with Gasteiger partial charge in [-0.05, 0) is 42.5 Å². The Kier molecular flexibility index (Phi) is 8.42. The summed E-state index contributed by atoms with van der Waals surface area (Å²) in [6.45, 7) is 2.57. The van der Waals surface area contributed by atoms with Crippen molar-refractivity contribution in [1.82, 2.24) is 20.4 Å². The minimum atomic E-state index is -1.29. The van der Waals surface area contributed by atoms with Crippen LogP contribution in [0.3, 0.4) is 0 Å². The Morgan fingerprint density at radius 2 is 1.87 bits per heavy atom. The molecule has 39 heavy (non-hydrogen) atoms. The van der Waals surface area contributed by atoms with Gasteiger partial charge in [0.25, 0.3) is 0 Å². The number of benzene rings is 2. The monoisotopic (exact) mass is 538 g/mol. The Morgan fingerprint density at radius 1 is 1.05 bits per heavy atom. The second-order valence-corrected chi connectivity index (χ2v) is 10.6. The maximum Gasteiger partial charge on any atom is 0.242 e. The molecule has 4 bridgehead atoms. The molecule has 2 aromatic carbocycles. The molecule has 4 atom stereocenters. The zero-order valence-electron chi connectivity index (χ0n) is 21.9.